The lowest BCUT2D eigenvalue weighted by Crippen LogP contribution is -2.60. The molecule has 1 aromatic carbocycles. The largest absolute Gasteiger partial charge is 0.494 e. The zero-order valence-corrected chi connectivity index (χ0v) is 20.0. The molecule has 35 heavy (non-hydrogen) atoms. The van der Waals surface area contributed by atoms with Crippen LogP contribution in [0.25, 0.3) is 0 Å². The third kappa shape index (κ3) is 6.48. The van der Waals surface area contributed by atoms with Crippen LogP contribution in [0.4, 0.5) is 11.5 Å². The molecule has 0 spiro atoms. The molecule has 1 atom stereocenters. The van der Waals surface area contributed by atoms with Crippen molar-refractivity contribution in [2.75, 3.05) is 62.6 Å². The number of ether oxygens (including phenoxy) is 1. The van der Waals surface area contributed by atoms with E-state index >= 15 is 0 Å². The van der Waals surface area contributed by atoms with Crippen molar-refractivity contribution in [3.05, 3.63) is 48.7 Å². The van der Waals surface area contributed by atoms with Gasteiger partial charge in [-0.1, -0.05) is 6.07 Å². The summed E-state index contributed by atoms with van der Waals surface area (Å²) in [6.07, 6.45) is 1.68. The van der Waals surface area contributed by atoms with E-state index in [2.05, 4.69) is 25.4 Å². The fourth-order valence-electron chi connectivity index (χ4n) is 4.36. The summed E-state index contributed by atoms with van der Waals surface area (Å²) in [5.41, 5.74) is 0.610. The Hall–Kier alpha value is -3.66. The van der Waals surface area contributed by atoms with Crippen molar-refractivity contribution >= 4 is 29.2 Å². The van der Waals surface area contributed by atoms with E-state index in [-0.39, 0.29) is 30.7 Å². The molecule has 0 aliphatic carbocycles. The summed E-state index contributed by atoms with van der Waals surface area (Å²) in [4.78, 5) is 48.6. The van der Waals surface area contributed by atoms with Gasteiger partial charge in [0, 0.05) is 51.2 Å². The number of amides is 3. The van der Waals surface area contributed by atoms with E-state index in [1.807, 2.05) is 25.1 Å². The highest BCUT2D eigenvalue weighted by atomic mass is 16.5. The highest BCUT2D eigenvalue weighted by molar-refractivity contribution is 5.97. The molecule has 0 radical (unpaired) electrons. The van der Waals surface area contributed by atoms with Crippen molar-refractivity contribution < 1.29 is 19.1 Å². The van der Waals surface area contributed by atoms with Crippen LogP contribution in [0.3, 0.4) is 0 Å². The third-order valence-electron chi connectivity index (χ3n) is 6.18. The molecule has 186 valence electrons. The molecule has 10 heteroatoms. The van der Waals surface area contributed by atoms with E-state index in [0.29, 0.717) is 25.4 Å². The second-order valence-corrected chi connectivity index (χ2v) is 8.55. The molecular formula is C25H32N6O4. The first kappa shape index (κ1) is 24.5. The molecule has 0 saturated carbocycles. The predicted molar refractivity (Wildman–Crippen MR) is 132 cm³/mol. The van der Waals surface area contributed by atoms with Gasteiger partial charge in [0.2, 0.25) is 17.7 Å². The molecule has 2 aliphatic rings. The van der Waals surface area contributed by atoms with Crippen molar-refractivity contribution in [1.29, 1.82) is 0 Å². The van der Waals surface area contributed by atoms with Gasteiger partial charge in [-0.15, -0.1) is 0 Å². The number of benzene rings is 1. The normalized spacial score (nSPS) is 18.7. The Bertz CT molecular complexity index is 1010. The van der Waals surface area contributed by atoms with Crippen LogP contribution in [0, 0.1) is 0 Å². The van der Waals surface area contributed by atoms with Crippen LogP contribution < -0.4 is 20.3 Å². The lowest BCUT2D eigenvalue weighted by molar-refractivity contribution is -0.145. The Balaban J connectivity index is 1.30. The van der Waals surface area contributed by atoms with Crippen molar-refractivity contribution in [2.24, 2.45) is 0 Å². The molecule has 2 fully saturated rings. The molecule has 2 aliphatic heterocycles. The number of hydrogen-bond acceptors (Lipinski definition) is 7. The lowest BCUT2D eigenvalue weighted by Gasteiger charge is -2.38. The van der Waals surface area contributed by atoms with Gasteiger partial charge in [0.25, 0.3) is 0 Å². The van der Waals surface area contributed by atoms with Gasteiger partial charge in [0.15, 0.2) is 0 Å². The van der Waals surface area contributed by atoms with Crippen LogP contribution in [-0.4, -0.2) is 91.0 Å². The molecule has 2 saturated heterocycles. The average molecular weight is 481 g/mol. The van der Waals surface area contributed by atoms with Crippen LogP contribution in [0.5, 0.6) is 5.75 Å². The predicted octanol–water partition coefficient (Wildman–Crippen LogP) is 0.958. The van der Waals surface area contributed by atoms with E-state index in [1.165, 1.54) is 0 Å². The zero-order chi connectivity index (χ0) is 24.6. The molecule has 0 bridgehead atoms. The highest BCUT2D eigenvalue weighted by Gasteiger charge is 2.35. The molecule has 2 N–H and O–H groups in total. The third-order valence-corrected chi connectivity index (χ3v) is 6.18. The van der Waals surface area contributed by atoms with Gasteiger partial charge in [-0.25, -0.2) is 4.98 Å². The Morgan fingerprint density at radius 2 is 1.86 bits per heavy atom. The monoisotopic (exact) mass is 480 g/mol. The molecular weight excluding hydrogens is 448 g/mol. The SMILES string of the molecule is CCOc1ccc(NC(=O)CC2C(=O)NCCN2C(=O)CN2CCN(c3ccccn3)CC2)cc1. The number of piperazine rings is 2. The van der Waals surface area contributed by atoms with Gasteiger partial charge >= 0.3 is 0 Å². The topological polar surface area (TPSA) is 107 Å². The fraction of sp³-hybridized carbons (Fsp3) is 0.440. The number of nitrogens with one attached hydrogen (secondary N) is 2. The minimum absolute atomic E-state index is 0.0990. The summed E-state index contributed by atoms with van der Waals surface area (Å²) < 4.78 is 5.41. The molecule has 10 nitrogen and oxygen atoms in total. The smallest absolute Gasteiger partial charge is 0.243 e. The van der Waals surface area contributed by atoms with Crippen LogP contribution in [-0.2, 0) is 14.4 Å². The van der Waals surface area contributed by atoms with Crippen molar-refractivity contribution in [3.8, 4) is 5.75 Å². The number of pyridine rings is 1. The maximum Gasteiger partial charge on any atom is 0.243 e. The van der Waals surface area contributed by atoms with Crippen LogP contribution in [0.15, 0.2) is 48.7 Å². The number of nitrogens with zero attached hydrogens (tertiary/aromatic N) is 4. The fourth-order valence-corrected chi connectivity index (χ4v) is 4.36. The molecule has 3 amide bonds. The Morgan fingerprint density at radius 3 is 2.54 bits per heavy atom. The van der Waals surface area contributed by atoms with E-state index in [1.54, 1.807) is 35.4 Å². The molecule has 4 rings (SSSR count). The minimum Gasteiger partial charge on any atom is -0.494 e. The Kier molecular flexibility index (Phi) is 8.15. The van der Waals surface area contributed by atoms with Gasteiger partial charge in [-0.2, -0.15) is 0 Å². The van der Waals surface area contributed by atoms with Gasteiger partial charge in [-0.05, 0) is 43.3 Å². The van der Waals surface area contributed by atoms with Crippen molar-refractivity contribution in [3.63, 3.8) is 0 Å². The quantitative estimate of drug-likeness (QED) is 0.580. The summed E-state index contributed by atoms with van der Waals surface area (Å²) in [5.74, 6) is 0.897. The first-order valence-electron chi connectivity index (χ1n) is 12.0. The van der Waals surface area contributed by atoms with Gasteiger partial charge < -0.3 is 25.2 Å². The van der Waals surface area contributed by atoms with E-state index in [4.69, 9.17) is 4.74 Å². The van der Waals surface area contributed by atoms with Crippen molar-refractivity contribution in [2.45, 2.75) is 19.4 Å². The standard InChI is InChI=1S/C25H32N6O4/c1-2-35-20-8-6-19(7-9-20)28-23(32)17-21-25(34)27-11-12-31(21)24(33)18-29-13-15-30(16-14-29)22-5-3-4-10-26-22/h3-10,21H,2,11-18H2,1H3,(H,27,34)(H,28,32). The van der Waals surface area contributed by atoms with Crippen molar-refractivity contribution in [1.82, 2.24) is 20.1 Å². The van der Waals surface area contributed by atoms with E-state index in [0.717, 1.165) is 37.7 Å². The second-order valence-electron chi connectivity index (χ2n) is 8.55. The number of anilines is 2. The Morgan fingerprint density at radius 1 is 1.09 bits per heavy atom. The van der Waals surface area contributed by atoms with Gasteiger partial charge in [0.1, 0.15) is 17.6 Å². The molecule has 2 aromatic rings. The maximum atomic E-state index is 13.1. The minimum atomic E-state index is -0.825. The van der Waals surface area contributed by atoms with Gasteiger partial charge in [0.05, 0.1) is 19.6 Å². The van der Waals surface area contributed by atoms with Crippen LogP contribution in [0.2, 0.25) is 0 Å². The number of rotatable bonds is 8. The number of carbonyl (C=O) groups excluding carboxylic acids is 3. The zero-order valence-electron chi connectivity index (χ0n) is 20.0. The van der Waals surface area contributed by atoms with Crippen LogP contribution in [0.1, 0.15) is 13.3 Å². The number of carbonyl (C=O) groups is 3. The van der Waals surface area contributed by atoms with Crippen LogP contribution >= 0.6 is 0 Å². The number of aromatic nitrogens is 1. The van der Waals surface area contributed by atoms with E-state index in [9.17, 15) is 14.4 Å². The second kappa shape index (κ2) is 11.7. The summed E-state index contributed by atoms with van der Waals surface area (Å²) in [6, 6.07) is 12.1. The lowest BCUT2D eigenvalue weighted by atomic mass is 10.1. The molecule has 1 unspecified atom stereocenters. The summed E-state index contributed by atoms with van der Waals surface area (Å²) in [7, 11) is 0. The molecule has 1 aromatic heterocycles. The highest BCUT2D eigenvalue weighted by Crippen LogP contribution is 2.18. The first-order chi connectivity index (χ1) is 17.0. The van der Waals surface area contributed by atoms with E-state index < -0.39 is 6.04 Å². The summed E-state index contributed by atoms with van der Waals surface area (Å²) in [6.45, 7) is 6.47. The maximum absolute atomic E-state index is 13.1. The summed E-state index contributed by atoms with van der Waals surface area (Å²) in [5, 5.41) is 5.58. The summed E-state index contributed by atoms with van der Waals surface area (Å²) >= 11 is 0. The average Bonchev–Trinajstić information content (AvgIpc) is 2.87. The number of hydrogen-bond donors (Lipinski definition) is 2. The van der Waals surface area contributed by atoms with Gasteiger partial charge in [-0.3, -0.25) is 19.3 Å². The first-order valence-corrected chi connectivity index (χ1v) is 12.0. The molecule has 3 heterocycles. The Labute approximate surface area is 205 Å².